The molecule has 0 fully saturated rings. The summed E-state index contributed by atoms with van der Waals surface area (Å²) in [5.74, 6) is 0.233. The first kappa shape index (κ1) is 22.2. The van der Waals surface area contributed by atoms with E-state index in [9.17, 15) is 9.59 Å². The molecule has 3 aromatic rings. The zero-order valence-electron chi connectivity index (χ0n) is 16.6. The van der Waals surface area contributed by atoms with Gasteiger partial charge in [0.1, 0.15) is 10.8 Å². The molecule has 2 heterocycles. The molecule has 12 heteroatoms. The lowest BCUT2D eigenvalue weighted by molar-refractivity contribution is -0.116. The average Bonchev–Trinajstić information content (AvgIpc) is 3.28. The molecule has 0 aliphatic heterocycles. The Kier molecular flexibility index (Phi) is 7.40. The van der Waals surface area contributed by atoms with Crippen molar-refractivity contribution in [3.63, 3.8) is 0 Å². The van der Waals surface area contributed by atoms with Gasteiger partial charge in [0.2, 0.25) is 16.9 Å². The molecule has 0 saturated heterocycles. The highest BCUT2D eigenvalue weighted by Crippen LogP contribution is 2.21. The Morgan fingerprint density at radius 3 is 2.60 bits per heavy atom. The Bertz CT molecular complexity index is 1070. The van der Waals surface area contributed by atoms with E-state index >= 15 is 0 Å². The van der Waals surface area contributed by atoms with E-state index in [4.69, 9.17) is 11.6 Å². The van der Waals surface area contributed by atoms with Gasteiger partial charge in [-0.2, -0.15) is 0 Å². The van der Waals surface area contributed by atoms with Crippen LogP contribution in [0.3, 0.4) is 0 Å². The fraction of sp³-hybridized carbons (Fsp3) is 0.333. The number of rotatable bonds is 8. The first-order valence-electron chi connectivity index (χ1n) is 9.06. The van der Waals surface area contributed by atoms with Gasteiger partial charge in [-0.05, 0) is 38.5 Å². The molecule has 30 heavy (non-hydrogen) atoms. The van der Waals surface area contributed by atoms with Gasteiger partial charge in [0.25, 0.3) is 0 Å². The minimum atomic E-state index is -0.224. The summed E-state index contributed by atoms with van der Waals surface area (Å²) in [6.07, 6.45) is 0.0587. The SMILES string of the molecule is CCn1c(CC(=O)Nc2ccc(C)c(Cl)c2)nnc1SCC(=O)Nc1nnc(C)s1. The molecule has 2 N–H and O–H groups in total. The quantitative estimate of drug-likeness (QED) is 0.490. The van der Waals surface area contributed by atoms with Gasteiger partial charge < -0.3 is 9.88 Å². The zero-order chi connectivity index (χ0) is 21.7. The van der Waals surface area contributed by atoms with Gasteiger partial charge >= 0.3 is 0 Å². The third-order valence-corrected chi connectivity index (χ3v) is 6.12. The molecule has 1 aromatic carbocycles. The van der Waals surface area contributed by atoms with Crippen molar-refractivity contribution in [3.8, 4) is 0 Å². The van der Waals surface area contributed by atoms with Crippen LogP contribution in [0.4, 0.5) is 10.8 Å². The van der Waals surface area contributed by atoms with Crippen LogP contribution in [-0.4, -0.2) is 42.5 Å². The van der Waals surface area contributed by atoms with Crippen LogP contribution in [0.5, 0.6) is 0 Å². The Morgan fingerprint density at radius 1 is 1.13 bits per heavy atom. The van der Waals surface area contributed by atoms with E-state index in [1.54, 1.807) is 12.1 Å². The molecule has 0 bridgehead atoms. The molecule has 0 aliphatic carbocycles. The number of hydrogen-bond donors (Lipinski definition) is 2. The molecule has 3 rings (SSSR count). The highest BCUT2D eigenvalue weighted by atomic mass is 35.5. The second kappa shape index (κ2) is 10.0. The number of hydrogen-bond acceptors (Lipinski definition) is 8. The molecule has 0 atom stereocenters. The standard InChI is InChI=1S/C18H20ClN7O2S2/c1-4-26-14(8-15(27)20-12-6-5-10(2)13(19)7-12)23-25-18(26)29-9-16(28)21-17-24-22-11(3)30-17/h5-7H,4,8-9H2,1-3H3,(H,20,27)(H,21,24,28). The van der Waals surface area contributed by atoms with Crippen molar-refractivity contribution in [2.75, 3.05) is 16.4 Å². The zero-order valence-corrected chi connectivity index (χ0v) is 19.0. The van der Waals surface area contributed by atoms with Crippen LogP contribution in [0.1, 0.15) is 23.3 Å². The number of aryl methyl sites for hydroxylation is 2. The van der Waals surface area contributed by atoms with Crippen LogP contribution < -0.4 is 10.6 Å². The fourth-order valence-electron chi connectivity index (χ4n) is 2.53. The predicted molar refractivity (Wildman–Crippen MR) is 118 cm³/mol. The highest BCUT2D eigenvalue weighted by molar-refractivity contribution is 7.99. The topological polar surface area (TPSA) is 115 Å². The maximum absolute atomic E-state index is 12.4. The number of thioether (sulfide) groups is 1. The fourth-order valence-corrected chi connectivity index (χ4v) is 4.14. The lowest BCUT2D eigenvalue weighted by atomic mass is 10.2. The number of benzene rings is 1. The van der Waals surface area contributed by atoms with E-state index in [-0.39, 0.29) is 24.0 Å². The summed E-state index contributed by atoms with van der Waals surface area (Å²) in [5.41, 5.74) is 1.56. The van der Waals surface area contributed by atoms with Crippen molar-refractivity contribution < 1.29 is 9.59 Å². The third-order valence-electron chi connectivity index (χ3n) is 3.99. The van der Waals surface area contributed by atoms with Crippen molar-refractivity contribution in [3.05, 3.63) is 39.6 Å². The van der Waals surface area contributed by atoms with Crippen molar-refractivity contribution in [2.24, 2.45) is 0 Å². The van der Waals surface area contributed by atoms with Gasteiger partial charge in [-0.3, -0.25) is 14.9 Å². The van der Waals surface area contributed by atoms with Crippen LogP contribution in [-0.2, 0) is 22.6 Å². The molecule has 0 aliphatic rings. The first-order chi connectivity index (χ1) is 14.4. The number of nitrogens with zero attached hydrogens (tertiary/aromatic N) is 5. The molecule has 2 amide bonds. The van der Waals surface area contributed by atoms with Crippen LogP contribution >= 0.6 is 34.7 Å². The number of aromatic nitrogens is 5. The van der Waals surface area contributed by atoms with E-state index < -0.39 is 0 Å². The number of nitrogens with one attached hydrogen (secondary N) is 2. The Labute approximate surface area is 186 Å². The Hall–Kier alpha value is -2.50. The van der Waals surface area contributed by atoms with Gasteiger partial charge in [0, 0.05) is 17.3 Å². The summed E-state index contributed by atoms with van der Waals surface area (Å²) >= 11 is 8.66. The number of carbonyl (C=O) groups excluding carboxylic acids is 2. The Balaban J connectivity index is 1.58. The second-order valence-corrected chi connectivity index (χ2v) is 8.83. The van der Waals surface area contributed by atoms with E-state index in [0.29, 0.717) is 33.4 Å². The molecular weight excluding hydrogens is 446 g/mol. The molecule has 9 nitrogen and oxygen atoms in total. The summed E-state index contributed by atoms with van der Waals surface area (Å²) in [5, 5.41) is 23.9. The van der Waals surface area contributed by atoms with Crippen LogP contribution in [0, 0.1) is 13.8 Å². The van der Waals surface area contributed by atoms with Crippen molar-refractivity contribution >= 4 is 57.3 Å². The molecule has 2 aromatic heterocycles. The largest absolute Gasteiger partial charge is 0.326 e. The molecular formula is C18H20ClN7O2S2. The van der Waals surface area contributed by atoms with E-state index in [1.165, 1.54) is 23.1 Å². The van der Waals surface area contributed by atoms with Gasteiger partial charge in [0.15, 0.2) is 5.16 Å². The summed E-state index contributed by atoms with van der Waals surface area (Å²) in [6, 6.07) is 5.34. The predicted octanol–water partition coefficient (Wildman–Crippen LogP) is 3.33. The maximum atomic E-state index is 12.4. The molecule has 0 radical (unpaired) electrons. The van der Waals surface area contributed by atoms with Crippen molar-refractivity contribution in [1.82, 2.24) is 25.0 Å². The van der Waals surface area contributed by atoms with Crippen LogP contribution in [0.2, 0.25) is 5.02 Å². The smallest absolute Gasteiger partial charge is 0.236 e. The average molecular weight is 466 g/mol. The lowest BCUT2D eigenvalue weighted by Crippen LogP contribution is -2.18. The number of carbonyl (C=O) groups is 2. The van der Waals surface area contributed by atoms with Gasteiger partial charge in [-0.25, -0.2) is 0 Å². The molecule has 158 valence electrons. The normalized spacial score (nSPS) is 10.8. The molecule has 0 saturated carbocycles. The second-order valence-electron chi connectivity index (χ2n) is 6.30. The molecule has 0 unspecified atom stereocenters. The van der Waals surface area contributed by atoms with E-state index in [1.807, 2.05) is 31.4 Å². The minimum Gasteiger partial charge on any atom is -0.326 e. The van der Waals surface area contributed by atoms with Crippen LogP contribution in [0.15, 0.2) is 23.4 Å². The van der Waals surface area contributed by atoms with Gasteiger partial charge in [0.05, 0.1) is 12.2 Å². The summed E-state index contributed by atoms with van der Waals surface area (Å²) in [7, 11) is 0. The lowest BCUT2D eigenvalue weighted by Gasteiger charge is -2.09. The number of amides is 2. The number of anilines is 2. The van der Waals surface area contributed by atoms with Crippen molar-refractivity contribution in [2.45, 2.75) is 38.9 Å². The van der Waals surface area contributed by atoms with Crippen LogP contribution in [0.25, 0.3) is 0 Å². The summed E-state index contributed by atoms with van der Waals surface area (Å²) < 4.78 is 1.81. The minimum absolute atomic E-state index is 0.0587. The maximum Gasteiger partial charge on any atom is 0.236 e. The highest BCUT2D eigenvalue weighted by Gasteiger charge is 2.16. The van der Waals surface area contributed by atoms with Crippen molar-refractivity contribution in [1.29, 1.82) is 0 Å². The summed E-state index contributed by atoms with van der Waals surface area (Å²) in [6.45, 7) is 6.22. The Morgan fingerprint density at radius 2 is 1.93 bits per heavy atom. The third kappa shape index (κ3) is 5.77. The van der Waals surface area contributed by atoms with E-state index in [0.717, 1.165) is 10.6 Å². The first-order valence-corrected chi connectivity index (χ1v) is 11.2. The summed E-state index contributed by atoms with van der Waals surface area (Å²) in [4.78, 5) is 24.5. The monoisotopic (exact) mass is 465 g/mol. The van der Waals surface area contributed by atoms with Gasteiger partial charge in [-0.1, -0.05) is 40.8 Å². The molecule has 0 spiro atoms. The van der Waals surface area contributed by atoms with Gasteiger partial charge in [-0.15, -0.1) is 20.4 Å². The van der Waals surface area contributed by atoms with E-state index in [2.05, 4.69) is 31.0 Å². The number of halogens is 1.